The van der Waals surface area contributed by atoms with Gasteiger partial charge >= 0.3 is 6.18 Å². The fraction of sp³-hybridized carbons (Fsp3) is 0.444. The molecule has 0 aliphatic carbocycles. The van der Waals surface area contributed by atoms with Crippen molar-refractivity contribution in [2.24, 2.45) is 7.05 Å². The van der Waals surface area contributed by atoms with Gasteiger partial charge in [-0.1, -0.05) is 19.1 Å². The lowest BCUT2D eigenvalue weighted by Crippen LogP contribution is -2.25. The number of amides is 1. The van der Waals surface area contributed by atoms with Gasteiger partial charge in [-0.05, 0) is 60.2 Å². The molecule has 196 valence electrons. The van der Waals surface area contributed by atoms with E-state index in [1.54, 1.807) is 25.4 Å². The molecule has 0 N–H and O–H groups in total. The average molecular weight is 516 g/mol. The standard InChI is InChI=1S/C27H29F4N5O/c1-16(9-25-33-32-15-34(25)3)18-5-4-6-21(10-18)36-14-23-22(26(36)37)11-19(12-24(23)27(29,30)31)17(2)35-8-7-20(28)13-35/h4-6,10-12,15-17,20H,7-9,13-14H2,1-3H3/t16?,17?,20-/m0/s1. The molecule has 3 atom stereocenters. The molecule has 2 aliphatic heterocycles. The van der Waals surface area contributed by atoms with Crippen molar-refractivity contribution in [3.8, 4) is 0 Å². The normalized spacial score (nSPS) is 19.9. The number of carbonyl (C=O) groups is 1. The molecule has 2 aromatic carbocycles. The van der Waals surface area contributed by atoms with Gasteiger partial charge in [0, 0.05) is 43.9 Å². The van der Waals surface area contributed by atoms with Crippen LogP contribution in [-0.2, 0) is 26.2 Å². The van der Waals surface area contributed by atoms with Crippen LogP contribution in [-0.4, -0.2) is 44.8 Å². The van der Waals surface area contributed by atoms with Crippen LogP contribution in [0, 0.1) is 0 Å². The van der Waals surface area contributed by atoms with Gasteiger partial charge in [0.05, 0.1) is 12.1 Å². The van der Waals surface area contributed by atoms with E-state index in [9.17, 15) is 22.4 Å². The van der Waals surface area contributed by atoms with E-state index in [1.165, 1.54) is 4.90 Å². The number of alkyl halides is 4. The summed E-state index contributed by atoms with van der Waals surface area (Å²) in [6, 6.07) is 9.60. The van der Waals surface area contributed by atoms with Gasteiger partial charge in [0.15, 0.2) is 0 Å². The Morgan fingerprint density at radius 1 is 1.14 bits per heavy atom. The zero-order valence-electron chi connectivity index (χ0n) is 21.0. The highest BCUT2D eigenvalue weighted by Crippen LogP contribution is 2.41. The SMILES string of the molecule is CC(Cc1nncn1C)c1cccc(N2Cc3c(cc(C(C)N4CC[C@H](F)C4)cc3C(F)(F)F)C2=O)c1. The van der Waals surface area contributed by atoms with Gasteiger partial charge in [-0.15, -0.1) is 10.2 Å². The number of nitrogens with zero attached hydrogens (tertiary/aromatic N) is 5. The molecule has 1 amide bonds. The van der Waals surface area contributed by atoms with E-state index in [0.29, 0.717) is 30.6 Å². The number of aryl methyl sites for hydroxylation is 1. The van der Waals surface area contributed by atoms with Crippen LogP contribution >= 0.6 is 0 Å². The molecule has 6 nitrogen and oxygen atoms in total. The van der Waals surface area contributed by atoms with E-state index in [0.717, 1.165) is 17.5 Å². The summed E-state index contributed by atoms with van der Waals surface area (Å²) < 4.78 is 58.1. The Balaban J connectivity index is 1.45. The van der Waals surface area contributed by atoms with Crippen molar-refractivity contribution in [1.29, 1.82) is 0 Å². The van der Waals surface area contributed by atoms with E-state index in [2.05, 4.69) is 10.2 Å². The largest absolute Gasteiger partial charge is 0.416 e. The van der Waals surface area contributed by atoms with Crippen LogP contribution in [0.15, 0.2) is 42.7 Å². The van der Waals surface area contributed by atoms with Gasteiger partial charge in [-0.3, -0.25) is 9.69 Å². The Hall–Kier alpha value is -3.27. The molecule has 37 heavy (non-hydrogen) atoms. The lowest BCUT2D eigenvalue weighted by atomic mass is 9.95. The summed E-state index contributed by atoms with van der Waals surface area (Å²) in [6.45, 7) is 4.29. The fourth-order valence-electron chi connectivity index (χ4n) is 5.32. The molecular weight excluding hydrogens is 486 g/mol. The topological polar surface area (TPSA) is 54.3 Å². The molecule has 2 aliphatic rings. The van der Waals surface area contributed by atoms with Crippen LogP contribution in [0.2, 0.25) is 0 Å². The number of carbonyl (C=O) groups excluding carboxylic acids is 1. The molecule has 10 heteroatoms. The molecule has 3 heterocycles. The highest BCUT2D eigenvalue weighted by Gasteiger charge is 2.41. The van der Waals surface area contributed by atoms with Gasteiger partial charge in [-0.2, -0.15) is 13.2 Å². The van der Waals surface area contributed by atoms with E-state index >= 15 is 0 Å². The number of hydrogen-bond acceptors (Lipinski definition) is 4. The van der Waals surface area contributed by atoms with Gasteiger partial charge in [0.1, 0.15) is 18.3 Å². The monoisotopic (exact) mass is 515 g/mol. The zero-order chi connectivity index (χ0) is 26.5. The second kappa shape index (κ2) is 9.55. The molecule has 0 spiro atoms. The van der Waals surface area contributed by atoms with Crippen molar-refractivity contribution < 1.29 is 22.4 Å². The number of benzene rings is 2. The summed E-state index contributed by atoms with van der Waals surface area (Å²) in [7, 11) is 1.87. The van der Waals surface area contributed by atoms with Crippen LogP contribution in [0.1, 0.15) is 70.7 Å². The van der Waals surface area contributed by atoms with Crippen molar-refractivity contribution in [3.05, 3.63) is 76.4 Å². The fourth-order valence-corrected chi connectivity index (χ4v) is 5.32. The zero-order valence-corrected chi connectivity index (χ0v) is 21.0. The van der Waals surface area contributed by atoms with Crippen LogP contribution in [0.3, 0.4) is 0 Å². The van der Waals surface area contributed by atoms with Gasteiger partial charge < -0.3 is 9.47 Å². The molecule has 3 aromatic rings. The first-order valence-corrected chi connectivity index (χ1v) is 12.4. The number of likely N-dealkylation sites (tertiary alicyclic amines) is 1. The third-order valence-electron chi connectivity index (χ3n) is 7.61. The number of halogens is 4. The number of rotatable bonds is 6. The number of anilines is 1. The quantitative estimate of drug-likeness (QED) is 0.410. The minimum Gasteiger partial charge on any atom is -0.321 e. The number of fused-ring (bicyclic) bond motifs is 1. The van der Waals surface area contributed by atoms with Gasteiger partial charge in [-0.25, -0.2) is 4.39 Å². The molecule has 0 bridgehead atoms. The van der Waals surface area contributed by atoms with E-state index in [1.807, 2.05) is 41.6 Å². The smallest absolute Gasteiger partial charge is 0.321 e. The van der Waals surface area contributed by atoms with E-state index < -0.39 is 29.9 Å². The molecule has 1 aromatic heterocycles. The van der Waals surface area contributed by atoms with Crippen LogP contribution in [0.4, 0.5) is 23.2 Å². The molecule has 2 unspecified atom stereocenters. The summed E-state index contributed by atoms with van der Waals surface area (Å²) in [5.74, 6) is 0.412. The highest BCUT2D eigenvalue weighted by atomic mass is 19.4. The molecule has 1 fully saturated rings. The van der Waals surface area contributed by atoms with Crippen LogP contribution < -0.4 is 4.90 Å². The predicted molar refractivity (Wildman–Crippen MR) is 131 cm³/mol. The second-order valence-electron chi connectivity index (χ2n) is 10.1. The Labute approximate surface area is 212 Å². The molecule has 0 radical (unpaired) electrons. The first-order valence-electron chi connectivity index (χ1n) is 12.4. The van der Waals surface area contributed by atoms with Crippen molar-refractivity contribution in [2.75, 3.05) is 18.0 Å². The minimum atomic E-state index is -4.61. The first kappa shape index (κ1) is 25.4. The predicted octanol–water partition coefficient (Wildman–Crippen LogP) is 5.45. The molecular formula is C27H29F4N5O. The lowest BCUT2D eigenvalue weighted by molar-refractivity contribution is -0.138. The highest BCUT2D eigenvalue weighted by molar-refractivity contribution is 6.10. The third-order valence-corrected chi connectivity index (χ3v) is 7.61. The molecule has 5 rings (SSSR count). The molecule has 0 saturated carbocycles. The maximum atomic E-state index is 14.1. The van der Waals surface area contributed by atoms with Crippen molar-refractivity contribution >= 4 is 11.6 Å². The third kappa shape index (κ3) is 4.86. The van der Waals surface area contributed by atoms with Crippen molar-refractivity contribution in [1.82, 2.24) is 19.7 Å². The minimum absolute atomic E-state index is 0.0178. The summed E-state index contributed by atoms with van der Waals surface area (Å²) in [4.78, 5) is 16.7. The Morgan fingerprint density at radius 2 is 1.92 bits per heavy atom. The van der Waals surface area contributed by atoms with Crippen LogP contribution in [0.25, 0.3) is 0 Å². The Morgan fingerprint density at radius 3 is 2.57 bits per heavy atom. The van der Waals surface area contributed by atoms with Crippen molar-refractivity contribution in [3.63, 3.8) is 0 Å². The lowest BCUT2D eigenvalue weighted by Gasteiger charge is -2.25. The van der Waals surface area contributed by atoms with E-state index in [4.69, 9.17) is 0 Å². The van der Waals surface area contributed by atoms with Gasteiger partial charge in [0.25, 0.3) is 5.91 Å². The summed E-state index contributed by atoms with van der Waals surface area (Å²) in [5.41, 5.74) is 1.11. The van der Waals surface area contributed by atoms with E-state index in [-0.39, 0.29) is 30.1 Å². The summed E-state index contributed by atoms with van der Waals surface area (Å²) in [6.07, 6.45) is -2.98. The van der Waals surface area contributed by atoms with Crippen LogP contribution in [0.5, 0.6) is 0 Å². The van der Waals surface area contributed by atoms with Gasteiger partial charge in [0.2, 0.25) is 0 Å². The maximum absolute atomic E-state index is 14.1. The average Bonchev–Trinajstić information content (AvgIpc) is 3.56. The maximum Gasteiger partial charge on any atom is 0.416 e. The van der Waals surface area contributed by atoms with Crippen molar-refractivity contribution in [2.45, 2.75) is 57.5 Å². The second-order valence-corrected chi connectivity index (χ2v) is 10.1. The Bertz CT molecular complexity index is 1320. The summed E-state index contributed by atoms with van der Waals surface area (Å²) in [5, 5.41) is 8.03. The first-order chi connectivity index (χ1) is 17.5. The number of aromatic nitrogens is 3. The Kier molecular flexibility index (Phi) is 6.55. The number of hydrogen-bond donors (Lipinski definition) is 0. The molecule has 1 saturated heterocycles. The summed E-state index contributed by atoms with van der Waals surface area (Å²) >= 11 is 0.